The van der Waals surface area contributed by atoms with Crippen LogP contribution in [0.2, 0.25) is 5.02 Å². The van der Waals surface area contributed by atoms with Crippen molar-refractivity contribution >= 4 is 58.5 Å². The number of carboxylic acid groups (broad SMARTS) is 1. The molecule has 5 rings (SSSR count). The Morgan fingerprint density at radius 2 is 1.85 bits per heavy atom. The molecule has 0 radical (unpaired) electrons. The highest BCUT2D eigenvalue weighted by molar-refractivity contribution is 7.99. The molecule has 3 nitrogen and oxygen atoms in total. The fraction of sp³-hybridized carbons (Fsp3) is 0.257. The number of fused-ring (bicyclic) bond motifs is 1. The Morgan fingerprint density at radius 1 is 1.02 bits per heavy atom. The smallest absolute Gasteiger partial charge is 0.303 e. The number of benzene rings is 3. The van der Waals surface area contributed by atoms with E-state index in [0.29, 0.717) is 5.02 Å². The third kappa shape index (κ3) is 7.44. The second kappa shape index (κ2) is 12.9. The van der Waals surface area contributed by atoms with E-state index in [1.807, 2.05) is 42.1 Å². The van der Waals surface area contributed by atoms with Crippen molar-refractivity contribution in [1.82, 2.24) is 4.98 Å². The van der Waals surface area contributed by atoms with Gasteiger partial charge in [-0.25, -0.2) is 4.98 Å². The number of rotatable bonds is 12. The molecule has 0 unspecified atom stereocenters. The first-order chi connectivity index (χ1) is 19.4. The minimum atomic E-state index is -0.688. The molecule has 4 aromatic rings. The van der Waals surface area contributed by atoms with Gasteiger partial charge in [0.15, 0.2) is 0 Å². The van der Waals surface area contributed by atoms with Gasteiger partial charge in [-0.15, -0.1) is 0 Å². The summed E-state index contributed by atoms with van der Waals surface area (Å²) in [6.45, 7) is 2.05. The highest BCUT2D eigenvalue weighted by atomic mass is 35.5. The number of carboxylic acids is 1. The first-order valence-corrected chi connectivity index (χ1v) is 15.2. The van der Waals surface area contributed by atoms with E-state index in [4.69, 9.17) is 16.6 Å². The Balaban J connectivity index is 1.36. The maximum Gasteiger partial charge on any atom is 0.303 e. The molecule has 40 heavy (non-hydrogen) atoms. The van der Waals surface area contributed by atoms with Gasteiger partial charge in [-0.05, 0) is 84.6 Å². The van der Waals surface area contributed by atoms with Crippen molar-refractivity contribution in [2.45, 2.75) is 44.3 Å². The van der Waals surface area contributed by atoms with Crippen LogP contribution in [0.3, 0.4) is 0 Å². The average Bonchev–Trinajstić information content (AvgIpc) is 3.71. The molecule has 204 valence electrons. The Morgan fingerprint density at radius 3 is 2.65 bits per heavy atom. The molecule has 0 bridgehead atoms. The van der Waals surface area contributed by atoms with Crippen molar-refractivity contribution in [3.63, 3.8) is 0 Å². The number of aryl methyl sites for hydroxylation is 1. The molecule has 1 aliphatic carbocycles. The number of nitrogens with zero attached hydrogens (tertiary/aromatic N) is 1. The average molecular weight is 568 g/mol. The summed E-state index contributed by atoms with van der Waals surface area (Å²) in [6, 6.07) is 27.1. The molecule has 3 aromatic carbocycles. The van der Waals surface area contributed by atoms with Crippen LogP contribution >= 0.6 is 23.4 Å². The largest absolute Gasteiger partial charge is 0.481 e. The summed E-state index contributed by atoms with van der Waals surface area (Å²) in [6.07, 6.45) is 12.6. The van der Waals surface area contributed by atoms with Gasteiger partial charge in [-0.3, -0.25) is 4.79 Å². The lowest BCUT2D eigenvalue weighted by Crippen LogP contribution is -2.12. The standard InChI is InChI=1S/C35H34ClNO2S/c1-2-6-26-8-3-4-9-27(26)14-18-33(40-24-35(19-20-35)23-34(38)39)29-10-5-7-25(21-29)11-16-31-17-13-28-12-15-30(36)22-32(28)37-31/h2-13,15-17,21-22,33H,14,18-20,23-24H2,1H3,(H,38,39)/b6-2?,16-11+/t33-/m1/s1. The molecule has 0 spiro atoms. The lowest BCUT2D eigenvalue weighted by atomic mass is 9.98. The molecule has 0 aliphatic heterocycles. The van der Waals surface area contributed by atoms with Crippen LogP contribution in [0, 0.1) is 5.41 Å². The number of carbonyl (C=O) groups is 1. The lowest BCUT2D eigenvalue weighted by Gasteiger charge is -2.21. The van der Waals surface area contributed by atoms with Crippen molar-refractivity contribution in [3.05, 3.63) is 118 Å². The highest BCUT2D eigenvalue weighted by Crippen LogP contribution is 2.53. The second-order valence-corrected chi connectivity index (χ2v) is 12.3. The number of halogens is 1. The van der Waals surface area contributed by atoms with Gasteiger partial charge in [-0.1, -0.05) is 90.5 Å². The molecular weight excluding hydrogens is 534 g/mol. The van der Waals surface area contributed by atoms with Gasteiger partial charge in [-0.2, -0.15) is 11.8 Å². The van der Waals surface area contributed by atoms with E-state index in [1.165, 1.54) is 16.7 Å². The first-order valence-electron chi connectivity index (χ1n) is 13.8. The van der Waals surface area contributed by atoms with Crippen LogP contribution in [0.25, 0.3) is 29.1 Å². The Bertz CT molecular complexity index is 1560. The highest BCUT2D eigenvalue weighted by Gasteiger charge is 2.44. The van der Waals surface area contributed by atoms with Crippen molar-refractivity contribution < 1.29 is 9.90 Å². The number of thioether (sulfide) groups is 1. The predicted octanol–water partition coefficient (Wildman–Crippen LogP) is 9.75. The Kier molecular flexibility index (Phi) is 9.08. The molecule has 0 amide bonds. The van der Waals surface area contributed by atoms with Crippen LogP contribution in [-0.4, -0.2) is 21.8 Å². The fourth-order valence-electron chi connectivity index (χ4n) is 5.13. The predicted molar refractivity (Wildman–Crippen MR) is 171 cm³/mol. The summed E-state index contributed by atoms with van der Waals surface area (Å²) >= 11 is 8.09. The number of aliphatic carboxylic acids is 1. The molecule has 0 saturated heterocycles. The first kappa shape index (κ1) is 28.2. The molecule has 1 atom stereocenters. The molecule has 1 N–H and O–H groups in total. The number of allylic oxidation sites excluding steroid dienone is 1. The van der Waals surface area contributed by atoms with Gasteiger partial charge in [0, 0.05) is 21.4 Å². The molecule has 5 heteroatoms. The Labute approximate surface area is 246 Å². The number of hydrogen-bond donors (Lipinski definition) is 1. The number of aromatic nitrogens is 1. The van der Waals surface area contributed by atoms with E-state index >= 15 is 0 Å². The van der Waals surface area contributed by atoms with E-state index in [0.717, 1.165) is 53.6 Å². The van der Waals surface area contributed by atoms with Crippen LogP contribution < -0.4 is 0 Å². The normalized spacial score (nSPS) is 15.2. The van der Waals surface area contributed by atoms with E-state index in [2.05, 4.69) is 79.7 Å². The lowest BCUT2D eigenvalue weighted by molar-refractivity contribution is -0.138. The zero-order valence-electron chi connectivity index (χ0n) is 22.7. The summed E-state index contributed by atoms with van der Waals surface area (Å²) in [5, 5.41) is 11.5. The molecular formula is C35H34ClNO2S. The zero-order chi connectivity index (χ0) is 28.0. The van der Waals surface area contributed by atoms with E-state index in [-0.39, 0.29) is 17.1 Å². The molecule has 1 heterocycles. The summed E-state index contributed by atoms with van der Waals surface area (Å²) in [5.41, 5.74) is 6.73. The van der Waals surface area contributed by atoms with Crippen LogP contribution in [0.1, 0.15) is 65.8 Å². The topological polar surface area (TPSA) is 50.2 Å². The monoisotopic (exact) mass is 567 g/mol. The van der Waals surface area contributed by atoms with Crippen LogP contribution in [-0.2, 0) is 11.2 Å². The number of hydrogen-bond acceptors (Lipinski definition) is 3. The van der Waals surface area contributed by atoms with Crippen LogP contribution in [0.4, 0.5) is 0 Å². The molecule has 1 fully saturated rings. The van der Waals surface area contributed by atoms with Gasteiger partial charge < -0.3 is 5.11 Å². The van der Waals surface area contributed by atoms with Gasteiger partial charge in [0.1, 0.15) is 0 Å². The Hall–Kier alpha value is -3.34. The maximum atomic E-state index is 11.5. The third-order valence-corrected chi connectivity index (χ3v) is 9.48. The van der Waals surface area contributed by atoms with Gasteiger partial charge in [0.2, 0.25) is 0 Å². The minimum Gasteiger partial charge on any atom is -0.481 e. The minimum absolute atomic E-state index is 0.0419. The van der Waals surface area contributed by atoms with Crippen molar-refractivity contribution in [2.24, 2.45) is 5.41 Å². The van der Waals surface area contributed by atoms with E-state index in [1.54, 1.807) is 0 Å². The van der Waals surface area contributed by atoms with Gasteiger partial charge in [0.05, 0.1) is 17.6 Å². The summed E-state index contributed by atoms with van der Waals surface area (Å²) in [4.78, 5) is 16.2. The molecule has 1 aliphatic rings. The van der Waals surface area contributed by atoms with Crippen molar-refractivity contribution in [1.29, 1.82) is 0 Å². The molecule has 1 aromatic heterocycles. The van der Waals surface area contributed by atoms with Crippen LogP contribution in [0.5, 0.6) is 0 Å². The third-order valence-electron chi connectivity index (χ3n) is 7.56. The quantitative estimate of drug-likeness (QED) is 0.185. The van der Waals surface area contributed by atoms with Crippen molar-refractivity contribution in [3.8, 4) is 0 Å². The number of pyridine rings is 1. The van der Waals surface area contributed by atoms with E-state index in [9.17, 15) is 9.90 Å². The molecule has 1 saturated carbocycles. The summed E-state index contributed by atoms with van der Waals surface area (Å²) in [7, 11) is 0. The zero-order valence-corrected chi connectivity index (χ0v) is 24.3. The summed E-state index contributed by atoms with van der Waals surface area (Å²) < 4.78 is 0. The second-order valence-electron chi connectivity index (χ2n) is 10.7. The van der Waals surface area contributed by atoms with E-state index < -0.39 is 5.97 Å². The SMILES string of the molecule is CC=Cc1ccccc1CC[C@@H](SCC1(CC(=O)O)CC1)c1cccc(/C=C/c2ccc3ccc(Cl)cc3n2)c1. The summed E-state index contributed by atoms with van der Waals surface area (Å²) in [5.74, 6) is 0.191. The van der Waals surface area contributed by atoms with Gasteiger partial charge >= 0.3 is 5.97 Å². The van der Waals surface area contributed by atoms with Crippen molar-refractivity contribution in [2.75, 3.05) is 5.75 Å². The fourth-order valence-corrected chi connectivity index (χ4v) is 6.86. The van der Waals surface area contributed by atoms with Gasteiger partial charge in [0.25, 0.3) is 0 Å². The van der Waals surface area contributed by atoms with Crippen LogP contribution in [0.15, 0.2) is 84.9 Å². The maximum absolute atomic E-state index is 11.5.